The second kappa shape index (κ2) is 6.68. The Labute approximate surface area is 157 Å². The highest BCUT2D eigenvalue weighted by atomic mass is 16.3. The molecule has 1 fully saturated rings. The number of carbonyl (C=O) groups excluding carboxylic acids is 1. The summed E-state index contributed by atoms with van der Waals surface area (Å²) in [5.41, 5.74) is 2.04. The SMILES string of the molecule is O=C(N[C@H]1CCCc2occc21)[C@@H]1CCCN1c1ncnc2ccccc12. The van der Waals surface area contributed by atoms with Crippen molar-refractivity contribution >= 4 is 22.6 Å². The maximum atomic E-state index is 13.1. The number of nitrogens with one attached hydrogen (secondary N) is 1. The number of anilines is 1. The summed E-state index contributed by atoms with van der Waals surface area (Å²) in [5, 5.41) is 4.26. The Morgan fingerprint density at radius 1 is 1.15 bits per heavy atom. The molecule has 0 spiro atoms. The first kappa shape index (κ1) is 16.3. The first-order valence-electron chi connectivity index (χ1n) is 9.64. The highest BCUT2D eigenvalue weighted by Gasteiger charge is 2.34. The number of fused-ring (bicyclic) bond motifs is 2. The van der Waals surface area contributed by atoms with Gasteiger partial charge in [-0.15, -0.1) is 0 Å². The molecule has 1 aliphatic carbocycles. The second-order valence-corrected chi connectivity index (χ2v) is 7.32. The second-order valence-electron chi connectivity index (χ2n) is 7.32. The van der Waals surface area contributed by atoms with Crippen molar-refractivity contribution in [2.75, 3.05) is 11.4 Å². The summed E-state index contributed by atoms with van der Waals surface area (Å²) in [7, 11) is 0. The molecule has 0 bridgehead atoms. The molecule has 1 N–H and O–H groups in total. The molecule has 2 aromatic heterocycles. The number of hydrogen-bond donors (Lipinski definition) is 1. The summed E-state index contributed by atoms with van der Waals surface area (Å²) in [4.78, 5) is 24.1. The van der Waals surface area contributed by atoms with Crippen molar-refractivity contribution in [3.63, 3.8) is 0 Å². The van der Waals surface area contributed by atoms with Crippen molar-refractivity contribution in [3.05, 3.63) is 54.2 Å². The standard InChI is InChI=1S/C21H22N4O2/c26-21(24-17-7-3-9-19-14(17)10-12-27-19)18-8-4-11-25(18)20-15-5-1-2-6-16(15)22-13-23-20/h1-2,5-6,10,12-13,17-18H,3-4,7-9,11H2,(H,24,26)/t17-,18-/m0/s1. The third kappa shape index (κ3) is 2.85. The lowest BCUT2D eigenvalue weighted by atomic mass is 9.93. The van der Waals surface area contributed by atoms with Crippen molar-refractivity contribution < 1.29 is 9.21 Å². The fraction of sp³-hybridized carbons (Fsp3) is 0.381. The van der Waals surface area contributed by atoms with E-state index in [1.165, 1.54) is 0 Å². The normalized spacial score (nSPS) is 22.0. The first-order chi connectivity index (χ1) is 13.3. The summed E-state index contributed by atoms with van der Waals surface area (Å²) in [6, 6.07) is 9.81. The van der Waals surface area contributed by atoms with Crippen LogP contribution in [0.15, 0.2) is 47.3 Å². The van der Waals surface area contributed by atoms with Gasteiger partial charge >= 0.3 is 0 Å². The topological polar surface area (TPSA) is 71.3 Å². The number of nitrogens with zero attached hydrogens (tertiary/aromatic N) is 3. The minimum atomic E-state index is -0.194. The average molecular weight is 362 g/mol. The van der Waals surface area contributed by atoms with E-state index >= 15 is 0 Å². The van der Waals surface area contributed by atoms with Gasteiger partial charge in [-0.25, -0.2) is 9.97 Å². The number of amides is 1. The van der Waals surface area contributed by atoms with Crippen LogP contribution in [0, 0.1) is 0 Å². The smallest absolute Gasteiger partial charge is 0.243 e. The summed E-state index contributed by atoms with van der Waals surface area (Å²) < 4.78 is 5.55. The predicted octanol–water partition coefficient (Wildman–Crippen LogP) is 3.39. The van der Waals surface area contributed by atoms with Gasteiger partial charge in [0.2, 0.25) is 5.91 Å². The van der Waals surface area contributed by atoms with Crippen molar-refractivity contribution in [2.24, 2.45) is 0 Å². The van der Waals surface area contributed by atoms with Gasteiger partial charge in [-0.3, -0.25) is 4.79 Å². The summed E-state index contributed by atoms with van der Waals surface area (Å²) in [6.45, 7) is 0.834. The van der Waals surface area contributed by atoms with Gasteiger partial charge in [0.05, 0.1) is 17.8 Å². The predicted molar refractivity (Wildman–Crippen MR) is 102 cm³/mol. The molecule has 1 saturated heterocycles. The Hall–Kier alpha value is -2.89. The highest BCUT2D eigenvalue weighted by molar-refractivity contribution is 5.93. The molecule has 0 radical (unpaired) electrons. The molecule has 5 rings (SSSR count). The molecular weight excluding hydrogens is 340 g/mol. The zero-order chi connectivity index (χ0) is 18.2. The molecule has 0 saturated carbocycles. The third-order valence-corrected chi connectivity index (χ3v) is 5.72. The summed E-state index contributed by atoms with van der Waals surface area (Å²) in [5.74, 6) is 1.94. The molecule has 3 aromatic rings. The maximum Gasteiger partial charge on any atom is 0.243 e. The van der Waals surface area contributed by atoms with E-state index in [1.54, 1.807) is 12.6 Å². The van der Waals surface area contributed by atoms with E-state index in [4.69, 9.17) is 4.42 Å². The van der Waals surface area contributed by atoms with E-state index in [2.05, 4.69) is 20.2 Å². The number of carbonyl (C=O) groups is 1. The fourth-order valence-electron chi connectivity index (χ4n) is 4.42. The number of benzene rings is 1. The Balaban J connectivity index is 1.41. The van der Waals surface area contributed by atoms with Gasteiger partial charge in [0.15, 0.2) is 0 Å². The molecule has 1 aliphatic heterocycles. The first-order valence-corrected chi connectivity index (χ1v) is 9.64. The Kier molecular flexibility index (Phi) is 4.03. The lowest BCUT2D eigenvalue weighted by Crippen LogP contribution is -2.45. The van der Waals surface area contributed by atoms with E-state index in [0.717, 1.165) is 66.7 Å². The van der Waals surface area contributed by atoms with Gasteiger partial charge in [0.25, 0.3) is 0 Å². The van der Waals surface area contributed by atoms with Crippen molar-refractivity contribution in [2.45, 2.75) is 44.2 Å². The van der Waals surface area contributed by atoms with Gasteiger partial charge in [0.1, 0.15) is 23.9 Å². The van der Waals surface area contributed by atoms with Gasteiger partial charge in [-0.2, -0.15) is 0 Å². The van der Waals surface area contributed by atoms with Crippen LogP contribution in [0.1, 0.15) is 43.0 Å². The number of rotatable bonds is 3. The minimum absolute atomic E-state index is 0.0459. The molecule has 1 aromatic carbocycles. The van der Waals surface area contributed by atoms with Crippen molar-refractivity contribution in [3.8, 4) is 0 Å². The fourth-order valence-corrected chi connectivity index (χ4v) is 4.42. The van der Waals surface area contributed by atoms with Crippen LogP contribution < -0.4 is 10.2 Å². The number of para-hydroxylation sites is 1. The van der Waals surface area contributed by atoms with Crippen LogP contribution in [0.3, 0.4) is 0 Å². The van der Waals surface area contributed by atoms with Crippen LogP contribution in [0.4, 0.5) is 5.82 Å². The molecule has 2 atom stereocenters. The van der Waals surface area contributed by atoms with Gasteiger partial charge in [0, 0.05) is 23.9 Å². The van der Waals surface area contributed by atoms with Crippen LogP contribution in [-0.4, -0.2) is 28.5 Å². The lowest BCUT2D eigenvalue weighted by molar-refractivity contribution is -0.123. The number of furan rings is 1. The van der Waals surface area contributed by atoms with E-state index in [9.17, 15) is 4.79 Å². The molecular formula is C21H22N4O2. The van der Waals surface area contributed by atoms with Gasteiger partial charge in [-0.1, -0.05) is 12.1 Å². The molecule has 6 heteroatoms. The Morgan fingerprint density at radius 2 is 2.07 bits per heavy atom. The number of aromatic nitrogens is 2. The van der Waals surface area contributed by atoms with Crippen LogP contribution in [0.5, 0.6) is 0 Å². The molecule has 6 nitrogen and oxygen atoms in total. The minimum Gasteiger partial charge on any atom is -0.469 e. The number of aryl methyl sites for hydroxylation is 1. The lowest BCUT2D eigenvalue weighted by Gasteiger charge is -2.29. The Bertz CT molecular complexity index is 978. The molecule has 3 heterocycles. The monoisotopic (exact) mass is 362 g/mol. The molecule has 27 heavy (non-hydrogen) atoms. The molecule has 2 aliphatic rings. The van der Waals surface area contributed by atoms with Crippen LogP contribution in [0.25, 0.3) is 10.9 Å². The zero-order valence-electron chi connectivity index (χ0n) is 15.1. The maximum absolute atomic E-state index is 13.1. The highest BCUT2D eigenvalue weighted by Crippen LogP contribution is 2.33. The van der Waals surface area contributed by atoms with E-state index in [0.29, 0.717) is 0 Å². The average Bonchev–Trinajstić information content (AvgIpc) is 3.37. The molecule has 0 unspecified atom stereocenters. The molecule has 138 valence electrons. The van der Waals surface area contributed by atoms with E-state index in [-0.39, 0.29) is 18.0 Å². The van der Waals surface area contributed by atoms with Crippen LogP contribution in [-0.2, 0) is 11.2 Å². The largest absolute Gasteiger partial charge is 0.469 e. The van der Waals surface area contributed by atoms with Crippen molar-refractivity contribution in [1.29, 1.82) is 0 Å². The van der Waals surface area contributed by atoms with E-state index < -0.39 is 0 Å². The number of hydrogen-bond acceptors (Lipinski definition) is 5. The quantitative estimate of drug-likeness (QED) is 0.773. The van der Waals surface area contributed by atoms with Crippen LogP contribution >= 0.6 is 0 Å². The van der Waals surface area contributed by atoms with Crippen LogP contribution in [0.2, 0.25) is 0 Å². The van der Waals surface area contributed by atoms with Gasteiger partial charge in [-0.05, 0) is 43.9 Å². The van der Waals surface area contributed by atoms with Crippen molar-refractivity contribution in [1.82, 2.24) is 15.3 Å². The summed E-state index contributed by atoms with van der Waals surface area (Å²) in [6.07, 6.45) is 8.09. The summed E-state index contributed by atoms with van der Waals surface area (Å²) >= 11 is 0. The molecule has 1 amide bonds. The van der Waals surface area contributed by atoms with E-state index in [1.807, 2.05) is 30.3 Å². The zero-order valence-corrected chi connectivity index (χ0v) is 15.1. The third-order valence-electron chi connectivity index (χ3n) is 5.72. The Morgan fingerprint density at radius 3 is 3.04 bits per heavy atom. The van der Waals surface area contributed by atoms with Gasteiger partial charge < -0.3 is 14.6 Å².